The number of nitrogens with one attached hydrogen (secondary N) is 1. The van der Waals surface area contributed by atoms with Gasteiger partial charge in [-0.05, 0) is 119 Å². The molecular weight excluding hydrogens is 566 g/mol. The summed E-state index contributed by atoms with van der Waals surface area (Å²) in [7, 11) is 3.24. The van der Waals surface area contributed by atoms with Crippen LogP contribution >= 0.6 is 0 Å². The van der Waals surface area contributed by atoms with Gasteiger partial charge in [0.05, 0.1) is 31.2 Å². The van der Waals surface area contributed by atoms with Crippen LogP contribution in [0.4, 0.5) is 0 Å². The van der Waals surface area contributed by atoms with Crippen molar-refractivity contribution in [2.75, 3.05) is 14.2 Å². The van der Waals surface area contributed by atoms with Crippen LogP contribution in [0.1, 0.15) is 94.3 Å². The maximum atomic E-state index is 14.5. The van der Waals surface area contributed by atoms with Crippen molar-refractivity contribution < 1.29 is 23.8 Å². The first-order valence-corrected chi connectivity index (χ1v) is 16.3. The highest BCUT2D eigenvalue weighted by Crippen LogP contribution is 2.59. The average molecular weight is 614 g/mol. The summed E-state index contributed by atoms with van der Waals surface area (Å²) < 4.78 is 19.5. The number of aromatic nitrogens is 2. The monoisotopic (exact) mass is 613 g/mol. The number of amides is 1. The second-order valence-electron chi connectivity index (χ2n) is 14.7. The predicted octanol–water partition coefficient (Wildman–Crippen LogP) is 7.25. The van der Waals surface area contributed by atoms with Gasteiger partial charge in [-0.3, -0.25) is 4.79 Å². The molecule has 4 aliphatic carbocycles. The minimum absolute atomic E-state index is 0.0491. The molecule has 8 heteroatoms. The van der Waals surface area contributed by atoms with Gasteiger partial charge < -0.3 is 19.5 Å². The maximum absolute atomic E-state index is 14.5. The van der Waals surface area contributed by atoms with E-state index >= 15 is 0 Å². The van der Waals surface area contributed by atoms with Crippen LogP contribution in [0.3, 0.4) is 0 Å². The Morgan fingerprint density at radius 3 is 2.07 bits per heavy atom. The topological polar surface area (TPSA) is 91.7 Å². The van der Waals surface area contributed by atoms with Crippen LogP contribution in [0.5, 0.6) is 11.5 Å². The molecule has 1 heterocycles. The Hall–Kier alpha value is -3.81. The second-order valence-corrected chi connectivity index (χ2v) is 14.7. The molecule has 2 aromatic carbocycles. The van der Waals surface area contributed by atoms with Gasteiger partial charge in [-0.25, -0.2) is 9.48 Å². The molecule has 0 spiro atoms. The Kier molecular flexibility index (Phi) is 7.99. The summed E-state index contributed by atoms with van der Waals surface area (Å²) in [6.45, 7) is 12.0. The van der Waals surface area contributed by atoms with E-state index in [2.05, 4.69) is 38.2 Å². The van der Waals surface area contributed by atoms with E-state index < -0.39 is 11.1 Å². The Bertz CT molecular complexity index is 1560. The van der Waals surface area contributed by atoms with E-state index in [0.717, 1.165) is 42.5 Å². The Balaban J connectivity index is 1.49. The molecule has 8 nitrogen and oxygen atoms in total. The molecule has 1 N–H and O–H groups in total. The van der Waals surface area contributed by atoms with Crippen LogP contribution in [0, 0.1) is 30.6 Å². The molecule has 7 rings (SSSR count). The molecule has 1 aromatic heterocycles. The van der Waals surface area contributed by atoms with Crippen molar-refractivity contribution in [1.29, 1.82) is 0 Å². The summed E-state index contributed by atoms with van der Waals surface area (Å²) in [6.07, 6.45) is 4.98. The van der Waals surface area contributed by atoms with E-state index in [4.69, 9.17) is 19.3 Å². The van der Waals surface area contributed by atoms with E-state index in [-0.39, 0.29) is 35.3 Å². The Labute approximate surface area is 266 Å². The van der Waals surface area contributed by atoms with Crippen LogP contribution in [-0.2, 0) is 9.53 Å². The number of rotatable bonds is 8. The van der Waals surface area contributed by atoms with Crippen LogP contribution in [0.25, 0.3) is 16.9 Å². The summed E-state index contributed by atoms with van der Waals surface area (Å²) in [5.41, 5.74) is 2.96. The largest absolute Gasteiger partial charge is 0.496 e. The van der Waals surface area contributed by atoms with Gasteiger partial charge in [0.25, 0.3) is 5.91 Å². The lowest BCUT2D eigenvalue weighted by molar-refractivity contribution is -0.180. The van der Waals surface area contributed by atoms with Crippen molar-refractivity contribution in [3.05, 3.63) is 59.3 Å². The van der Waals surface area contributed by atoms with E-state index in [9.17, 15) is 9.59 Å². The molecule has 0 unspecified atom stereocenters. The average Bonchev–Trinajstić information content (AvgIpc) is 3.42. The van der Waals surface area contributed by atoms with Crippen LogP contribution in [0.2, 0.25) is 0 Å². The first kappa shape index (κ1) is 31.2. The number of ether oxygens (including phenoxy) is 3. The van der Waals surface area contributed by atoms with Gasteiger partial charge >= 0.3 is 5.97 Å². The van der Waals surface area contributed by atoms with E-state index in [1.54, 1.807) is 20.3 Å². The molecule has 4 saturated carbocycles. The molecule has 0 radical (unpaired) electrons. The lowest BCUT2D eigenvalue weighted by Crippen LogP contribution is -2.71. The number of carbonyl (C=O) groups excluding carboxylic acids is 2. The number of nitrogens with zero attached hydrogens (tertiary/aromatic N) is 2. The smallest absolute Gasteiger partial charge is 0.332 e. The van der Waals surface area contributed by atoms with Gasteiger partial charge in [0.2, 0.25) is 0 Å². The third-order valence-electron chi connectivity index (χ3n) is 10.1. The zero-order chi connectivity index (χ0) is 32.3. The van der Waals surface area contributed by atoms with Crippen LogP contribution in [-0.4, -0.2) is 47.0 Å². The van der Waals surface area contributed by atoms with Gasteiger partial charge in [0, 0.05) is 0 Å². The number of hydrogen-bond acceptors (Lipinski definition) is 6. The van der Waals surface area contributed by atoms with E-state index in [1.165, 1.54) is 6.42 Å². The SMILES string of the molecule is COc1cccc(OC)c1-c1cc(C(=O)NC2(C(=O)OC(C)(C)C)C3CC4CC(C3)CC2C4)nn1-c1ccc(C)cc1C(C)C. The van der Waals surface area contributed by atoms with Gasteiger partial charge in [-0.15, -0.1) is 0 Å². The first-order valence-electron chi connectivity index (χ1n) is 16.3. The van der Waals surface area contributed by atoms with Crippen molar-refractivity contribution in [2.24, 2.45) is 23.7 Å². The van der Waals surface area contributed by atoms with Crippen LogP contribution in [0.15, 0.2) is 42.5 Å². The number of methoxy groups -OCH3 is 2. The first-order chi connectivity index (χ1) is 21.3. The van der Waals surface area contributed by atoms with Gasteiger partial charge in [0.15, 0.2) is 5.69 Å². The van der Waals surface area contributed by atoms with Crippen molar-refractivity contribution in [3.8, 4) is 28.4 Å². The fourth-order valence-corrected chi connectivity index (χ4v) is 8.42. The summed E-state index contributed by atoms with van der Waals surface area (Å²) >= 11 is 0. The Morgan fingerprint density at radius 1 is 0.933 bits per heavy atom. The zero-order valence-corrected chi connectivity index (χ0v) is 27.9. The van der Waals surface area contributed by atoms with Crippen molar-refractivity contribution in [1.82, 2.24) is 15.1 Å². The molecule has 0 atom stereocenters. The lowest BCUT2D eigenvalue weighted by Gasteiger charge is -2.59. The molecule has 45 heavy (non-hydrogen) atoms. The predicted molar refractivity (Wildman–Crippen MR) is 174 cm³/mol. The van der Waals surface area contributed by atoms with E-state index in [1.807, 2.05) is 49.7 Å². The number of esters is 1. The highest BCUT2D eigenvalue weighted by molar-refractivity contribution is 5.98. The summed E-state index contributed by atoms with van der Waals surface area (Å²) in [5, 5.41) is 8.28. The maximum Gasteiger partial charge on any atom is 0.332 e. The molecule has 0 aliphatic heterocycles. The van der Waals surface area contributed by atoms with Crippen molar-refractivity contribution in [2.45, 2.75) is 90.7 Å². The zero-order valence-electron chi connectivity index (χ0n) is 27.9. The Morgan fingerprint density at radius 2 is 1.53 bits per heavy atom. The molecule has 4 fully saturated rings. The summed E-state index contributed by atoms with van der Waals surface area (Å²) in [6, 6.07) is 13.7. The molecule has 4 bridgehead atoms. The standard InChI is InChI=1S/C37H47N3O5/c1-21(2)27-14-22(3)12-13-29(27)40-30(33-31(43-7)10-9-11-32(33)44-8)20-28(39-40)34(41)38-37(35(42)45-36(4,5)6)25-16-23-15-24(18-25)19-26(37)17-23/h9-14,20-21,23-26H,15-19H2,1-8H3,(H,38,41). The summed E-state index contributed by atoms with van der Waals surface area (Å²) in [4.78, 5) is 28.6. The normalized spacial score (nSPS) is 25.4. The molecule has 240 valence electrons. The quantitative estimate of drug-likeness (QED) is 0.269. The van der Waals surface area contributed by atoms with E-state index in [0.29, 0.717) is 34.6 Å². The van der Waals surface area contributed by atoms with Crippen LogP contribution < -0.4 is 14.8 Å². The number of hydrogen-bond donors (Lipinski definition) is 1. The highest BCUT2D eigenvalue weighted by atomic mass is 16.6. The fourth-order valence-electron chi connectivity index (χ4n) is 8.42. The van der Waals surface area contributed by atoms with Crippen molar-refractivity contribution >= 4 is 11.9 Å². The van der Waals surface area contributed by atoms with Gasteiger partial charge in [0.1, 0.15) is 22.6 Å². The summed E-state index contributed by atoms with van der Waals surface area (Å²) in [5.74, 6) is 2.04. The minimum Gasteiger partial charge on any atom is -0.496 e. The fraction of sp³-hybridized carbons (Fsp3) is 0.541. The number of benzene rings is 2. The minimum atomic E-state index is -1.07. The molecule has 3 aromatic rings. The molecule has 1 amide bonds. The molecule has 0 saturated heterocycles. The number of aryl methyl sites for hydroxylation is 1. The highest BCUT2D eigenvalue weighted by Gasteiger charge is 2.63. The number of carbonyl (C=O) groups is 2. The van der Waals surface area contributed by atoms with Crippen molar-refractivity contribution in [3.63, 3.8) is 0 Å². The third-order valence-corrected chi connectivity index (χ3v) is 10.1. The molecular formula is C37H47N3O5. The lowest BCUT2D eigenvalue weighted by atomic mass is 9.48. The second kappa shape index (κ2) is 11.5. The van der Waals surface area contributed by atoms with Gasteiger partial charge in [-0.2, -0.15) is 5.10 Å². The van der Waals surface area contributed by atoms with Gasteiger partial charge in [-0.1, -0.05) is 37.6 Å². The third kappa shape index (κ3) is 5.50. The molecule has 4 aliphatic rings.